The van der Waals surface area contributed by atoms with E-state index < -0.39 is 0 Å². The number of hydrogen-bond donors (Lipinski definition) is 0. The Hall–Kier alpha value is -6.18. The Labute approximate surface area is 290 Å². The van der Waals surface area contributed by atoms with Gasteiger partial charge in [0.05, 0.1) is 0 Å². The predicted molar refractivity (Wildman–Crippen MR) is 212 cm³/mol. The Morgan fingerprint density at radius 1 is 0.400 bits per heavy atom. The first kappa shape index (κ1) is 27.7. The zero-order valence-corrected chi connectivity index (χ0v) is 27.9. The summed E-state index contributed by atoms with van der Waals surface area (Å²) in [5.74, 6) is 0. The first-order valence-electron chi connectivity index (χ1n) is 17.5. The molecule has 0 atom stereocenters. The molecule has 0 spiro atoms. The summed E-state index contributed by atoms with van der Waals surface area (Å²) >= 11 is 0. The molecule has 0 N–H and O–H groups in total. The lowest BCUT2D eigenvalue weighted by atomic mass is 9.80. The molecule has 1 aromatic heterocycles. The highest BCUT2D eigenvalue weighted by molar-refractivity contribution is 6.21. The molecule has 1 aliphatic rings. The van der Waals surface area contributed by atoms with Crippen LogP contribution < -0.4 is 0 Å². The van der Waals surface area contributed by atoms with Crippen molar-refractivity contribution in [2.45, 2.75) is 19.3 Å². The number of furan rings is 1. The fraction of sp³-hybridized carbons (Fsp3) is 0.0612. The third-order valence-corrected chi connectivity index (χ3v) is 11.4. The van der Waals surface area contributed by atoms with Gasteiger partial charge in [0.15, 0.2) is 0 Å². The minimum absolute atomic E-state index is 0.174. The third kappa shape index (κ3) is 3.72. The summed E-state index contributed by atoms with van der Waals surface area (Å²) in [6, 6.07) is 58.2. The third-order valence-electron chi connectivity index (χ3n) is 11.4. The molecule has 9 aromatic carbocycles. The molecule has 0 radical (unpaired) electrons. The van der Waals surface area contributed by atoms with E-state index in [0.29, 0.717) is 0 Å². The van der Waals surface area contributed by atoms with Gasteiger partial charge in [-0.25, -0.2) is 0 Å². The second-order valence-corrected chi connectivity index (χ2v) is 14.4. The standard InChI is InChI=1S/C49H32O/c1-49(2)43-27-32(36-16-9-17-45-47(36)41-25-19-30-11-4-8-15-37(30)48(41)50-45)20-22-38(43)39-23-21-33(28-44(39)49)46-35-14-7-5-12-31(35)26-42-34-13-6-3-10-29(34)18-24-40(42)46/h3-28H,1-2H3. The second-order valence-electron chi connectivity index (χ2n) is 14.4. The molecule has 0 saturated carbocycles. The Bertz CT molecular complexity index is 3060. The quantitative estimate of drug-likeness (QED) is 0.136. The molecule has 11 rings (SSSR count). The van der Waals surface area contributed by atoms with Crippen molar-refractivity contribution in [1.82, 2.24) is 0 Å². The van der Waals surface area contributed by atoms with Gasteiger partial charge in [0.1, 0.15) is 11.2 Å². The van der Waals surface area contributed by atoms with Gasteiger partial charge in [-0.2, -0.15) is 0 Å². The van der Waals surface area contributed by atoms with Crippen LogP contribution in [0.5, 0.6) is 0 Å². The molecule has 234 valence electrons. The van der Waals surface area contributed by atoms with Gasteiger partial charge >= 0.3 is 0 Å². The van der Waals surface area contributed by atoms with E-state index in [9.17, 15) is 0 Å². The zero-order valence-electron chi connectivity index (χ0n) is 27.9. The molecular weight excluding hydrogens is 605 g/mol. The normalized spacial score (nSPS) is 13.6. The van der Waals surface area contributed by atoms with Crippen LogP contribution in [0.4, 0.5) is 0 Å². The molecule has 0 fully saturated rings. The SMILES string of the molecule is CC1(C)c2cc(-c3c4ccccc4cc4c3ccc3ccccc34)ccc2-c2ccc(-c3cccc4oc5c6ccccc6ccc5c34)cc21. The molecular formula is C49H32O. The molecule has 50 heavy (non-hydrogen) atoms. The van der Waals surface area contributed by atoms with Crippen molar-refractivity contribution >= 4 is 65.0 Å². The summed E-state index contributed by atoms with van der Waals surface area (Å²) < 4.78 is 6.55. The highest BCUT2D eigenvalue weighted by atomic mass is 16.3. The minimum Gasteiger partial charge on any atom is -0.455 e. The van der Waals surface area contributed by atoms with Gasteiger partial charge in [0.25, 0.3) is 0 Å². The van der Waals surface area contributed by atoms with Gasteiger partial charge in [-0.05, 0) is 113 Å². The fourth-order valence-electron chi connectivity index (χ4n) is 8.99. The van der Waals surface area contributed by atoms with Gasteiger partial charge in [0.2, 0.25) is 0 Å². The predicted octanol–water partition coefficient (Wildman–Crippen LogP) is 13.8. The first-order valence-corrected chi connectivity index (χ1v) is 17.5. The Kier molecular flexibility index (Phi) is 5.51. The smallest absolute Gasteiger partial charge is 0.143 e. The molecule has 1 heteroatoms. The van der Waals surface area contributed by atoms with Crippen molar-refractivity contribution in [2.24, 2.45) is 0 Å². The van der Waals surface area contributed by atoms with E-state index in [1.54, 1.807) is 0 Å². The molecule has 1 heterocycles. The number of fused-ring (bicyclic) bond motifs is 12. The van der Waals surface area contributed by atoms with Gasteiger partial charge in [0, 0.05) is 21.6 Å². The summed E-state index contributed by atoms with van der Waals surface area (Å²) in [7, 11) is 0. The number of benzene rings is 9. The molecule has 0 bridgehead atoms. The van der Waals surface area contributed by atoms with Crippen molar-refractivity contribution in [3.05, 3.63) is 169 Å². The van der Waals surface area contributed by atoms with E-state index in [-0.39, 0.29) is 5.41 Å². The lowest BCUT2D eigenvalue weighted by molar-refractivity contribution is 0.661. The lowest BCUT2D eigenvalue weighted by Crippen LogP contribution is -2.15. The molecule has 0 aliphatic heterocycles. The summed E-state index contributed by atoms with van der Waals surface area (Å²) in [5.41, 5.74) is 12.1. The van der Waals surface area contributed by atoms with Crippen molar-refractivity contribution in [3.63, 3.8) is 0 Å². The van der Waals surface area contributed by atoms with Crippen LogP contribution in [-0.2, 0) is 5.41 Å². The van der Waals surface area contributed by atoms with Crippen LogP contribution in [0, 0.1) is 0 Å². The van der Waals surface area contributed by atoms with E-state index >= 15 is 0 Å². The van der Waals surface area contributed by atoms with E-state index in [2.05, 4.69) is 172 Å². The first-order chi connectivity index (χ1) is 24.5. The van der Waals surface area contributed by atoms with Crippen molar-refractivity contribution < 1.29 is 4.42 Å². The molecule has 1 aliphatic carbocycles. The van der Waals surface area contributed by atoms with Crippen LogP contribution in [0.3, 0.4) is 0 Å². The van der Waals surface area contributed by atoms with Crippen LogP contribution in [-0.4, -0.2) is 0 Å². The van der Waals surface area contributed by atoms with E-state index in [1.807, 2.05) is 0 Å². The molecule has 0 unspecified atom stereocenters. The monoisotopic (exact) mass is 636 g/mol. The van der Waals surface area contributed by atoms with Gasteiger partial charge in [-0.15, -0.1) is 0 Å². The maximum Gasteiger partial charge on any atom is 0.143 e. The van der Waals surface area contributed by atoms with E-state index in [4.69, 9.17) is 4.42 Å². The van der Waals surface area contributed by atoms with Gasteiger partial charge < -0.3 is 4.42 Å². The van der Waals surface area contributed by atoms with E-state index in [0.717, 1.165) is 21.9 Å². The molecule has 10 aromatic rings. The van der Waals surface area contributed by atoms with Crippen molar-refractivity contribution in [2.75, 3.05) is 0 Å². The molecule has 0 amide bonds. The van der Waals surface area contributed by atoms with Crippen LogP contribution in [0.25, 0.3) is 98.4 Å². The lowest BCUT2D eigenvalue weighted by Gasteiger charge is -2.23. The van der Waals surface area contributed by atoms with E-state index in [1.165, 1.54) is 87.6 Å². The van der Waals surface area contributed by atoms with Gasteiger partial charge in [-0.1, -0.05) is 141 Å². The fourth-order valence-corrected chi connectivity index (χ4v) is 8.99. The van der Waals surface area contributed by atoms with Crippen molar-refractivity contribution in [3.8, 4) is 33.4 Å². The maximum absolute atomic E-state index is 6.55. The van der Waals surface area contributed by atoms with Crippen LogP contribution in [0.2, 0.25) is 0 Å². The van der Waals surface area contributed by atoms with Crippen LogP contribution in [0.15, 0.2) is 162 Å². The summed E-state index contributed by atoms with van der Waals surface area (Å²) in [6.07, 6.45) is 0. The zero-order chi connectivity index (χ0) is 33.1. The average Bonchev–Trinajstić information content (AvgIpc) is 3.66. The number of rotatable bonds is 2. The highest BCUT2D eigenvalue weighted by Gasteiger charge is 2.36. The number of hydrogen-bond acceptors (Lipinski definition) is 1. The van der Waals surface area contributed by atoms with Crippen molar-refractivity contribution in [1.29, 1.82) is 0 Å². The Balaban J connectivity index is 1.09. The molecule has 1 nitrogen and oxygen atoms in total. The van der Waals surface area contributed by atoms with Gasteiger partial charge in [-0.3, -0.25) is 0 Å². The largest absolute Gasteiger partial charge is 0.455 e. The molecule has 0 saturated heterocycles. The maximum atomic E-state index is 6.55. The van der Waals surface area contributed by atoms with Crippen LogP contribution >= 0.6 is 0 Å². The average molecular weight is 637 g/mol. The summed E-state index contributed by atoms with van der Waals surface area (Å²) in [4.78, 5) is 0. The highest BCUT2D eigenvalue weighted by Crippen LogP contribution is 2.52. The Morgan fingerprint density at radius 3 is 1.80 bits per heavy atom. The van der Waals surface area contributed by atoms with Crippen LogP contribution in [0.1, 0.15) is 25.0 Å². The minimum atomic E-state index is -0.174. The topological polar surface area (TPSA) is 13.1 Å². The summed E-state index contributed by atoms with van der Waals surface area (Å²) in [6.45, 7) is 4.78. The second kappa shape index (κ2) is 9.94. The Morgan fingerprint density at radius 2 is 1.02 bits per heavy atom. The summed E-state index contributed by atoms with van der Waals surface area (Å²) in [5, 5.41) is 12.4.